The van der Waals surface area contributed by atoms with Gasteiger partial charge in [-0.1, -0.05) is 72.3 Å². The molecule has 2 heterocycles. The van der Waals surface area contributed by atoms with Gasteiger partial charge in [0.15, 0.2) is 5.84 Å². The molecule has 0 aromatic heterocycles. The summed E-state index contributed by atoms with van der Waals surface area (Å²) in [7, 11) is 0. The molecule has 6 nitrogen and oxygen atoms in total. The maximum Gasteiger partial charge on any atom is 0.283 e. The Kier molecular flexibility index (Phi) is 5.81. The van der Waals surface area contributed by atoms with Crippen molar-refractivity contribution in [2.75, 3.05) is 0 Å². The number of hydrogen-bond acceptors (Lipinski definition) is 5. The van der Waals surface area contributed by atoms with Crippen molar-refractivity contribution >= 4 is 51.4 Å². The largest absolute Gasteiger partial charge is 0.489 e. The summed E-state index contributed by atoms with van der Waals surface area (Å²) >= 11 is 7.50. The normalized spacial score (nSPS) is 16.5. The highest BCUT2D eigenvalue weighted by atomic mass is 35.5. The van der Waals surface area contributed by atoms with Crippen molar-refractivity contribution in [2.45, 2.75) is 6.61 Å². The number of carbonyl (C=O) groups is 1. The fourth-order valence-corrected chi connectivity index (χ4v) is 4.55. The number of hydrogen-bond donors (Lipinski definition) is 1. The van der Waals surface area contributed by atoms with Gasteiger partial charge in [-0.05, 0) is 47.2 Å². The van der Waals surface area contributed by atoms with Crippen LogP contribution in [0.2, 0.25) is 5.02 Å². The predicted octanol–water partition coefficient (Wildman–Crippen LogP) is 5.59. The average Bonchev–Trinajstić information content (AvgIpc) is 3.25. The molecule has 3 aromatic rings. The first kappa shape index (κ1) is 21.2. The molecule has 0 spiro atoms. The van der Waals surface area contributed by atoms with Gasteiger partial charge in [0.25, 0.3) is 5.91 Å². The Morgan fingerprint density at radius 1 is 1.03 bits per heavy atom. The molecule has 1 amide bonds. The molecule has 0 bridgehead atoms. The standard InChI is InChI=1S/C25H17ClN4O2S/c26-21-12-5-4-11-19(21)24-29-30-22(27)20(23(31)28-25(30)33-24)14-17-9-6-10-18(13-17)32-15-16-7-2-1-3-8-16/h1-14,27H,15H2/b20-14-,27-22?. The summed E-state index contributed by atoms with van der Waals surface area (Å²) in [6.07, 6.45) is 1.63. The number of ether oxygens (including phenoxy) is 1. The lowest BCUT2D eigenvalue weighted by molar-refractivity contribution is -0.114. The Morgan fingerprint density at radius 2 is 1.82 bits per heavy atom. The first-order valence-electron chi connectivity index (χ1n) is 10.1. The lowest BCUT2D eigenvalue weighted by Crippen LogP contribution is -2.35. The Balaban J connectivity index is 1.38. The number of aliphatic imine (C=N–C) groups is 1. The number of amides is 1. The molecular formula is C25H17ClN4O2S. The fraction of sp³-hybridized carbons (Fsp3) is 0.0400. The van der Waals surface area contributed by atoms with Crippen LogP contribution in [0.15, 0.2) is 94.5 Å². The number of nitrogens with one attached hydrogen (secondary N) is 1. The Morgan fingerprint density at radius 3 is 2.64 bits per heavy atom. The van der Waals surface area contributed by atoms with Gasteiger partial charge in [-0.2, -0.15) is 15.1 Å². The highest BCUT2D eigenvalue weighted by molar-refractivity contribution is 8.27. The number of rotatable bonds is 5. The van der Waals surface area contributed by atoms with Crippen LogP contribution >= 0.6 is 23.4 Å². The van der Waals surface area contributed by atoms with Crippen LogP contribution in [0.25, 0.3) is 6.08 Å². The minimum atomic E-state index is -0.482. The van der Waals surface area contributed by atoms with Gasteiger partial charge in [0.2, 0.25) is 5.17 Å². The molecule has 3 aromatic carbocycles. The number of fused-ring (bicyclic) bond motifs is 1. The third-order valence-electron chi connectivity index (χ3n) is 4.98. The predicted molar refractivity (Wildman–Crippen MR) is 133 cm³/mol. The summed E-state index contributed by atoms with van der Waals surface area (Å²) in [5, 5.41) is 15.9. The highest BCUT2D eigenvalue weighted by Crippen LogP contribution is 2.33. The number of benzene rings is 3. The van der Waals surface area contributed by atoms with Crippen molar-refractivity contribution in [1.29, 1.82) is 5.41 Å². The van der Waals surface area contributed by atoms with Crippen molar-refractivity contribution in [1.82, 2.24) is 5.01 Å². The second-order valence-electron chi connectivity index (χ2n) is 7.25. The minimum Gasteiger partial charge on any atom is -0.489 e. The molecule has 0 saturated heterocycles. The zero-order chi connectivity index (χ0) is 22.8. The van der Waals surface area contributed by atoms with Crippen LogP contribution in [0.5, 0.6) is 5.75 Å². The molecule has 0 radical (unpaired) electrons. The molecule has 1 N–H and O–H groups in total. The van der Waals surface area contributed by atoms with Crippen LogP contribution < -0.4 is 4.74 Å². The monoisotopic (exact) mass is 472 g/mol. The number of thioether (sulfide) groups is 1. The van der Waals surface area contributed by atoms with Crippen molar-refractivity contribution < 1.29 is 9.53 Å². The first-order chi connectivity index (χ1) is 16.1. The summed E-state index contributed by atoms with van der Waals surface area (Å²) < 4.78 is 5.88. The zero-order valence-electron chi connectivity index (χ0n) is 17.2. The van der Waals surface area contributed by atoms with Crippen molar-refractivity contribution in [3.8, 4) is 5.75 Å². The molecule has 33 heavy (non-hydrogen) atoms. The summed E-state index contributed by atoms with van der Waals surface area (Å²) in [5.41, 5.74) is 2.68. The van der Waals surface area contributed by atoms with Gasteiger partial charge < -0.3 is 4.74 Å². The van der Waals surface area contributed by atoms with Crippen LogP contribution in [0.1, 0.15) is 16.7 Å². The van der Waals surface area contributed by atoms with Gasteiger partial charge in [0.1, 0.15) is 17.4 Å². The second-order valence-corrected chi connectivity index (χ2v) is 8.61. The van der Waals surface area contributed by atoms with Gasteiger partial charge >= 0.3 is 0 Å². The molecule has 0 unspecified atom stereocenters. The maximum atomic E-state index is 12.7. The number of halogens is 1. The molecular weight excluding hydrogens is 456 g/mol. The summed E-state index contributed by atoms with van der Waals surface area (Å²) in [6.45, 7) is 0.438. The van der Waals surface area contributed by atoms with Crippen molar-refractivity contribution in [3.63, 3.8) is 0 Å². The molecule has 162 valence electrons. The van der Waals surface area contributed by atoms with Gasteiger partial charge in [0.05, 0.1) is 10.6 Å². The van der Waals surface area contributed by atoms with E-state index < -0.39 is 5.91 Å². The zero-order valence-corrected chi connectivity index (χ0v) is 18.8. The van der Waals surface area contributed by atoms with Crippen LogP contribution in [0, 0.1) is 5.41 Å². The van der Waals surface area contributed by atoms with Gasteiger partial charge in [-0.3, -0.25) is 10.2 Å². The topological polar surface area (TPSA) is 78.1 Å². The first-order valence-corrected chi connectivity index (χ1v) is 11.3. The number of carbonyl (C=O) groups excluding carboxylic acids is 1. The van der Waals surface area contributed by atoms with E-state index in [1.54, 1.807) is 12.1 Å². The minimum absolute atomic E-state index is 0.0323. The van der Waals surface area contributed by atoms with Crippen molar-refractivity contribution in [3.05, 3.63) is 106 Å². The van der Waals surface area contributed by atoms with E-state index in [0.29, 0.717) is 27.6 Å². The van der Waals surface area contributed by atoms with Gasteiger partial charge in [-0.25, -0.2) is 0 Å². The van der Waals surface area contributed by atoms with E-state index >= 15 is 0 Å². The Hall–Kier alpha value is -3.68. The number of hydrazone groups is 1. The van der Waals surface area contributed by atoms with E-state index in [4.69, 9.17) is 21.7 Å². The second kappa shape index (κ2) is 9.05. The lowest BCUT2D eigenvalue weighted by atomic mass is 10.1. The third-order valence-corrected chi connectivity index (χ3v) is 6.25. The summed E-state index contributed by atoms with van der Waals surface area (Å²) in [4.78, 5) is 16.9. The fourth-order valence-electron chi connectivity index (χ4n) is 3.34. The lowest BCUT2D eigenvalue weighted by Gasteiger charge is -2.20. The van der Waals surface area contributed by atoms with Crippen LogP contribution in [0.3, 0.4) is 0 Å². The van der Waals surface area contributed by atoms with Gasteiger partial charge in [-0.15, -0.1) is 0 Å². The van der Waals surface area contributed by atoms with Crippen LogP contribution in [-0.2, 0) is 11.4 Å². The Labute approximate surface area is 199 Å². The van der Waals surface area contributed by atoms with E-state index in [1.807, 2.05) is 72.8 Å². The summed E-state index contributed by atoms with van der Waals surface area (Å²) in [6, 6.07) is 24.6. The van der Waals surface area contributed by atoms with Gasteiger partial charge in [0, 0.05) is 5.56 Å². The van der Waals surface area contributed by atoms with Crippen LogP contribution in [0.4, 0.5) is 0 Å². The van der Waals surface area contributed by atoms with Crippen LogP contribution in [-0.4, -0.2) is 27.0 Å². The molecule has 2 aliphatic heterocycles. The molecule has 0 saturated carbocycles. The van der Waals surface area contributed by atoms with Crippen molar-refractivity contribution in [2.24, 2.45) is 10.1 Å². The smallest absolute Gasteiger partial charge is 0.283 e. The average molecular weight is 473 g/mol. The van der Waals surface area contributed by atoms with E-state index in [0.717, 1.165) is 16.7 Å². The Bertz CT molecular complexity index is 1350. The SMILES string of the molecule is N=C1/C(=C/c2cccc(OCc3ccccc3)c2)C(=O)N=C2SC(c3ccccc3Cl)=NN12. The maximum absolute atomic E-state index is 12.7. The van der Waals surface area contributed by atoms with E-state index in [1.165, 1.54) is 16.8 Å². The highest BCUT2D eigenvalue weighted by Gasteiger charge is 2.36. The van der Waals surface area contributed by atoms with E-state index in [2.05, 4.69) is 10.1 Å². The number of nitrogens with zero attached hydrogens (tertiary/aromatic N) is 3. The molecule has 0 atom stereocenters. The quantitative estimate of drug-likeness (QED) is 0.491. The molecule has 5 rings (SSSR count). The number of amidine groups is 2. The molecule has 2 aliphatic rings. The van der Waals surface area contributed by atoms with E-state index in [9.17, 15) is 4.79 Å². The summed E-state index contributed by atoms with van der Waals surface area (Å²) in [5.74, 6) is 0.156. The third kappa shape index (κ3) is 4.46. The molecule has 8 heteroatoms. The molecule has 0 fully saturated rings. The van der Waals surface area contributed by atoms with E-state index in [-0.39, 0.29) is 11.4 Å². The molecule has 0 aliphatic carbocycles.